The highest BCUT2D eigenvalue weighted by Crippen LogP contribution is 1.96. The molecule has 0 saturated heterocycles. The molecule has 0 bridgehead atoms. The van der Waals surface area contributed by atoms with Crippen molar-refractivity contribution >= 4 is 0 Å². The molecule has 0 radical (unpaired) electrons. The first-order valence-electron chi connectivity index (χ1n) is 3.80. The van der Waals surface area contributed by atoms with Crippen molar-refractivity contribution < 1.29 is 0 Å². The Morgan fingerprint density at radius 2 is 1.80 bits per heavy atom. The smallest absolute Gasteiger partial charge is 0.0120 e. The lowest BCUT2D eigenvalue weighted by molar-refractivity contribution is 0.0786. The number of rotatable bonds is 5. The molecule has 0 aliphatic heterocycles. The van der Waals surface area contributed by atoms with Gasteiger partial charge in [-0.1, -0.05) is 19.8 Å². The van der Waals surface area contributed by atoms with Crippen LogP contribution in [-0.4, -0.2) is 30.8 Å². The largest absolute Gasteiger partial charge is 0.772 e. The SMILES string of the molecule is CCCCCN(C)N(C)[O-]. The number of hydroxylamine groups is 1. The zero-order chi connectivity index (χ0) is 7.98. The summed E-state index contributed by atoms with van der Waals surface area (Å²) in [7, 11) is 3.33. The summed E-state index contributed by atoms with van der Waals surface area (Å²) in [6.07, 6.45) is 3.52. The van der Waals surface area contributed by atoms with E-state index in [4.69, 9.17) is 0 Å². The third-order valence-electron chi connectivity index (χ3n) is 1.57. The minimum Gasteiger partial charge on any atom is -0.772 e. The summed E-state index contributed by atoms with van der Waals surface area (Å²) in [6.45, 7) is 3.02. The van der Waals surface area contributed by atoms with Gasteiger partial charge in [0, 0.05) is 13.6 Å². The van der Waals surface area contributed by atoms with Gasteiger partial charge in [0.15, 0.2) is 0 Å². The van der Waals surface area contributed by atoms with Gasteiger partial charge in [-0.05, 0) is 13.5 Å². The molecule has 0 aliphatic rings. The van der Waals surface area contributed by atoms with Crippen molar-refractivity contribution in [3.05, 3.63) is 5.21 Å². The van der Waals surface area contributed by atoms with Crippen LogP contribution in [0, 0.1) is 5.21 Å². The van der Waals surface area contributed by atoms with Gasteiger partial charge in [-0.3, -0.25) is 5.01 Å². The molecule has 62 valence electrons. The van der Waals surface area contributed by atoms with Crippen LogP contribution in [0.3, 0.4) is 0 Å². The summed E-state index contributed by atoms with van der Waals surface area (Å²) in [4.78, 5) is 0. The van der Waals surface area contributed by atoms with E-state index in [1.54, 1.807) is 5.01 Å². The van der Waals surface area contributed by atoms with Gasteiger partial charge in [-0.15, -0.1) is 0 Å². The average Bonchev–Trinajstić information content (AvgIpc) is 1.88. The van der Waals surface area contributed by atoms with Crippen molar-refractivity contribution in [3.8, 4) is 0 Å². The van der Waals surface area contributed by atoms with E-state index in [0.717, 1.165) is 18.1 Å². The van der Waals surface area contributed by atoms with E-state index < -0.39 is 0 Å². The van der Waals surface area contributed by atoms with E-state index in [2.05, 4.69) is 6.92 Å². The first kappa shape index (κ1) is 9.88. The van der Waals surface area contributed by atoms with Crippen LogP contribution in [0.1, 0.15) is 26.2 Å². The van der Waals surface area contributed by atoms with Crippen LogP contribution < -0.4 is 0 Å². The molecule has 3 nitrogen and oxygen atoms in total. The van der Waals surface area contributed by atoms with Crippen LogP contribution in [0.25, 0.3) is 0 Å². The third kappa shape index (κ3) is 4.73. The number of hydrogen-bond donors (Lipinski definition) is 0. The van der Waals surface area contributed by atoms with Crippen LogP contribution in [0.5, 0.6) is 0 Å². The molecular formula is C7H17N2O-. The standard InChI is InChI=1S/C7H17N2O/c1-4-5-6-7-8(2)9(3)10/h4-7H2,1-3H3/q-1. The first-order valence-corrected chi connectivity index (χ1v) is 3.80. The predicted octanol–water partition coefficient (Wildman–Crippen LogP) is 1.45. The Kier molecular flexibility index (Phi) is 5.58. The minimum absolute atomic E-state index is 0.869. The monoisotopic (exact) mass is 145 g/mol. The van der Waals surface area contributed by atoms with Crippen LogP contribution in [0.15, 0.2) is 0 Å². The van der Waals surface area contributed by atoms with Crippen molar-refractivity contribution in [1.29, 1.82) is 0 Å². The molecule has 0 aromatic rings. The van der Waals surface area contributed by atoms with E-state index in [9.17, 15) is 5.21 Å². The van der Waals surface area contributed by atoms with E-state index in [1.165, 1.54) is 19.9 Å². The fourth-order valence-electron chi connectivity index (χ4n) is 0.731. The predicted molar refractivity (Wildman–Crippen MR) is 43.3 cm³/mol. The van der Waals surface area contributed by atoms with Crippen molar-refractivity contribution in [2.24, 2.45) is 0 Å². The molecule has 0 N–H and O–H groups in total. The molecule has 0 rings (SSSR count). The Labute approximate surface area is 63.2 Å². The van der Waals surface area contributed by atoms with Gasteiger partial charge >= 0.3 is 0 Å². The second-order valence-corrected chi connectivity index (χ2v) is 2.55. The highest BCUT2D eigenvalue weighted by molar-refractivity contribution is 4.47. The summed E-state index contributed by atoms with van der Waals surface area (Å²) >= 11 is 0. The summed E-state index contributed by atoms with van der Waals surface area (Å²) in [5.41, 5.74) is 0. The normalized spacial score (nSPS) is 11.4. The van der Waals surface area contributed by atoms with E-state index in [-0.39, 0.29) is 0 Å². The number of hydrazine groups is 1. The lowest BCUT2D eigenvalue weighted by atomic mass is 10.2. The molecule has 0 aromatic carbocycles. The van der Waals surface area contributed by atoms with Crippen LogP contribution in [-0.2, 0) is 0 Å². The molecule has 10 heavy (non-hydrogen) atoms. The maximum Gasteiger partial charge on any atom is 0.0120 e. The van der Waals surface area contributed by atoms with Crippen LogP contribution in [0.2, 0.25) is 0 Å². The van der Waals surface area contributed by atoms with Gasteiger partial charge < -0.3 is 10.4 Å². The second-order valence-electron chi connectivity index (χ2n) is 2.55. The van der Waals surface area contributed by atoms with Gasteiger partial charge in [0.1, 0.15) is 0 Å². The van der Waals surface area contributed by atoms with Gasteiger partial charge in [0.05, 0.1) is 0 Å². The molecule has 0 heterocycles. The van der Waals surface area contributed by atoms with Gasteiger partial charge in [-0.2, -0.15) is 0 Å². The van der Waals surface area contributed by atoms with Crippen LogP contribution >= 0.6 is 0 Å². The summed E-state index contributed by atoms with van der Waals surface area (Å²) < 4.78 is 0. The average molecular weight is 145 g/mol. The summed E-state index contributed by atoms with van der Waals surface area (Å²) in [5.74, 6) is 0. The Balaban J connectivity index is 3.13. The zero-order valence-electron chi connectivity index (χ0n) is 7.13. The molecule has 0 aliphatic carbocycles. The Morgan fingerprint density at radius 3 is 2.20 bits per heavy atom. The summed E-state index contributed by atoms with van der Waals surface area (Å²) in [5, 5.41) is 13.1. The van der Waals surface area contributed by atoms with E-state index in [1.807, 2.05) is 7.05 Å². The fraction of sp³-hybridized carbons (Fsp3) is 1.00. The van der Waals surface area contributed by atoms with Crippen molar-refractivity contribution in [3.63, 3.8) is 0 Å². The molecule has 0 spiro atoms. The van der Waals surface area contributed by atoms with E-state index >= 15 is 0 Å². The maximum atomic E-state index is 10.6. The van der Waals surface area contributed by atoms with Gasteiger partial charge in [0.25, 0.3) is 0 Å². The minimum atomic E-state index is 0.869. The molecule has 0 amide bonds. The topological polar surface area (TPSA) is 29.5 Å². The molecule has 0 aromatic heterocycles. The maximum absolute atomic E-state index is 10.6. The first-order chi connectivity index (χ1) is 4.68. The third-order valence-corrected chi connectivity index (χ3v) is 1.57. The molecule has 0 unspecified atom stereocenters. The highest BCUT2D eigenvalue weighted by Gasteiger charge is 1.93. The number of nitrogens with zero attached hydrogens (tertiary/aromatic N) is 2. The lowest BCUT2D eigenvalue weighted by Gasteiger charge is -2.33. The Morgan fingerprint density at radius 1 is 1.20 bits per heavy atom. The molecular weight excluding hydrogens is 128 g/mol. The second kappa shape index (κ2) is 5.65. The highest BCUT2D eigenvalue weighted by atomic mass is 16.5. The quantitative estimate of drug-likeness (QED) is 0.433. The lowest BCUT2D eigenvalue weighted by Crippen LogP contribution is -2.32. The number of unbranched alkanes of at least 4 members (excludes halogenated alkanes) is 2. The molecule has 3 heteroatoms. The zero-order valence-corrected chi connectivity index (χ0v) is 7.13. The summed E-state index contributed by atoms with van der Waals surface area (Å²) in [6, 6.07) is 0. The van der Waals surface area contributed by atoms with Crippen molar-refractivity contribution in [2.45, 2.75) is 26.2 Å². The van der Waals surface area contributed by atoms with Gasteiger partial charge in [-0.25, -0.2) is 0 Å². The van der Waals surface area contributed by atoms with Crippen LogP contribution in [0.4, 0.5) is 0 Å². The number of hydrogen-bond acceptors (Lipinski definition) is 3. The molecule has 0 saturated carbocycles. The van der Waals surface area contributed by atoms with Gasteiger partial charge in [0.2, 0.25) is 0 Å². The van der Waals surface area contributed by atoms with E-state index in [0.29, 0.717) is 0 Å². The Bertz CT molecular complexity index is 76.0. The fourth-order valence-corrected chi connectivity index (χ4v) is 0.731. The molecule has 0 atom stereocenters. The van der Waals surface area contributed by atoms with Crippen molar-refractivity contribution in [2.75, 3.05) is 20.6 Å². The molecule has 0 fully saturated rings. The van der Waals surface area contributed by atoms with Crippen molar-refractivity contribution in [1.82, 2.24) is 10.2 Å². The Hall–Kier alpha value is -0.120.